The summed E-state index contributed by atoms with van der Waals surface area (Å²) in [6.45, 7) is 6.76. The van der Waals surface area contributed by atoms with Gasteiger partial charge in [-0.25, -0.2) is 0 Å². The van der Waals surface area contributed by atoms with Crippen LogP contribution in [0.15, 0.2) is 179 Å². The lowest BCUT2D eigenvalue weighted by Crippen LogP contribution is -2.14. The second-order valence-electron chi connectivity index (χ2n) is 15.7. The van der Waals surface area contributed by atoms with Gasteiger partial charge in [0, 0.05) is 58.8 Å². The van der Waals surface area contributed by atoms with Crippen LogP contribution in [-0.4, -0.2) is 0 Å². The standard InChI is InChI=1S/C52H37NO2S/c1-52(2,3)43-30-31-44(48-42-14-5-8-20-46(42)55-50(43)48)53(34-26-22-32(23-27-34)36-15-10-17-40-38-12-4-7-19-45(38)54-49(36)40)35-28-24-33(25-29-35)37-16-11-18-41-39-13-6-9-21-47(39)56-51(37)41/h4-31H,1-3H3. The number of nitrogens with zero attached hydrogens (tertiary/aromatic N) is 1. The number of para-hydroxylation sites is 3. The van der Waals surface area contributed by atoms with Crippen LogP contribution in [0, 0.1) is 0 Å². The van der Waals surface area contributed by atoms with Crippen LogP contribution in [0.2, 0.25) is 0 Å². The molecule has 56 heavy (non-hydrogen) atoms. The summed E-state index contributed by atoms with van der Waals surface area (Å²) in [5.74, 6) is 0. The predicted octanol–water partition coefficient (Wildman–Crippen LogP) is 16.0. The van der Waals surface area contributed by atoms with E-state index in [1.807, 2.05) is 23.5 Å². The number of hydrogen-bond donors (Lipinski definition) is 0. The summed E-state index contributed by atoms with van der Waals surface area (Å²) < 4.78 is 15.8. The van der Waals surface area contributed by atoms with E-state index in [9.17, 15) is 0 Å². The summed E-state index contributed by atoms with van der Waals surface area (Å²) in [6.07, 6.45) is 0. The summed E-state index contributed by atoms with van der Waals surface area (Å²) in [4.78, 5) is 2.38. The quantitative estimate of drug-likeness (QED) is 0.176. The van der Waals surface area contributed by atoms with Gasteiger partial charge in [0.15, 0.2) is 0 Å². The predicted molar refractivity (Wildman–Crippen MR) is 238 cm³/mol. The first-order valence-corrected chi connectivity index (χ1v) is 20.0. The molecule has 0 bridgehead atoms. The zero-order chi connectivity index (χ0) is 37.5. The van der Waals surface area contributed by atoms with Crippen LogP contribution in [0.25, 0.3) is 86.3 Å². The largest absolute Gasteiger partial charge is 0.456 e. The SMILES string of the molecule is CC(C)(C)c1ccc(N(c2ccc(-c3cccc4c3oc3ccccc34)cc2)c2ccc(-c3cccc4c3sc3ccccc34)cc2)c2c1oc1ccccc12. The molecule has 11 aromatic rings. The van der Waals surface area contributed by atoms with Crippen molar-refractivity contribution >= 4 is 92.4 Å². The molecule has 0 radical (unpaired) electrons. The molecule has 0 amide bonds. The lowest BCUT2D eigenvalue weighted by Gasteiger charge is -2.28. The second kappa shape index (κ2) is 12.5. The van der Waals surface area contributed by atoms with E-state index in [4.69, 9.17) is 8.83 Å². The summed E-state index contributed by atoms with van der Waals surface area (Å²) in [5, 5.41) is 7.10. The van der Waals surface area contributed by atoms with E-state index in [0.29, 0.717) is 0 Å². The maximum Gasteiger partial charge on any atom is 0.143 e. The van der Waals surface area contributed by atoms with E-state index >= 15 is 0 Å². The van der Waals surface area contributed by atoms with Crippen molar-refractivity contribution in [2.75, 3.05) is 4.90 Å². The molecular formula is C52H37NO2S. The van der Waals surface area contributed by atoms with Gasteiger partial charge in [-0.15, -0.1) is 11.3 Å². The fraction of sp³-hybridized carbons (Fsp3) is 0.0769. The first kappa shape index (κ1) is 32.8. The molecule has 0 spiro atoms. The lowest BCUT2D eigenvalue weighted by molar-refractivity contribution is 0.573. The van der Waals surface area contributed by atoms with Crippen molar-refractivity contribution in [1.82, 2.24) is 0 Å². The number of anilines is 3. The fourth-order valence-corrected chi connectivity index (χ4v) is 9.78. The topological polar surface area (TPSA) is 29.5 Å². The van der Waals surface area contributed by atoms with Crippen molar-refractivity contribution in [3.05, 3.63) is 175 Å². The molecule has 0 aliphatic heterocycles. The first-order chi connectivity index (χ1) is 27.4. The summed E-state index contributed by atoms with van der Waals surface area (Å²) in [5.41, 5.74) is 12.5. The molecule has 4 heteroatoms. The molecule has 0 unspecified atom stereocenters. The van der Waals surface area contributed by atoms with E-state index in [1.165, 1.54) is 36.9 Å². The highest BCUT2D eigenvalue weighted by molar-refractivity contribution is 7.26. The van der Waals surface area contributed by atoms with Crippen molar-refractivity contribution in [3.63, 3.8) is 0 Å². The highest BCUT2D eigenvalue weighted by atomic mass is 32.1. The normalized spacial score (nSPS) is 12.2. The van der Waals surface area contributed by atoms with Gasteiger partial charge in [0.1, 0.15) is 22.3 Å². The van der Waals surface area contributed by atoms with Gasteiger partial charge in [-0.1, -0.05) is 142 Å². The third kappa shape index (κ3) is 5.10. The van der Waals surface area contributed by atoms with Gasteiger partial charge in [-0.3, -0.25) is 0 Å². The maximum absolute atomic E-state index is 6.72. The molecule has 268 valence electrons. The van der Waals surface area contributed by atoms with Gasteiger partial charge >= 0.3 is 0 Å². The van der Waals surface area contributed by atoms with Crippen molar-refractivity contribution in [1.29, 1.82) is 0 Å². The number of thiophene rings is 1. The Morgan fingerprint density at radius 1 is 0.446 bits per heavy atom. The molecule has 0 atom stereocenters. The molecule has 3 heterocycles. The molecule has 0 saturated heterocycles. The Kier molecular flexibility index (Phi) is 7.29. The van der Waals surface area contributed by atoms with Crippen molar-refractivity contribution in [2.45, 2.75) is 26.2 Å². The first-order valence-electron chi connectivity index (χ1n) is 19.2. The third-order valence-electron chi connectivity index (χ3n) is 11.2. The van der Waals surface area contributed by atoms with Crippen molar-refractivity contribution < 1.29 is 8.83 Å². The van der Waals surface area contributed by atoms with Gasteiger partial charge < -0.3 is 13.7 Å². The van der Waals surface area contributed by atoms with E-state index in [-0.39, 0.29) is 5.41 Å². The number of benzene rings is 8. The molecule has 0 aliphatic rings. The molecule has 3 aromatic heterocycles. The summed E-state index contributed by atoms with van der Waals surface area (Å²) >= 11 is 1.87. The van der Waals surface area contributed by atoms with Gasteiger partial charge in [0.25, 0.3) is 0 Å². The molecule has 11 rings (SSSR count). The average molecular weight is 740 g/mol. The van der Waals surface area contributed by atoms with E-state index in [1.54, 1.807) is 0 Å². The number of rotatable bonds is 5. The Bertz CT molecular complexity index is 3130. The molecule has 0 N–H and O–H groups in total. The number of hydrogen-bond acceptors (Lipinski definition) is 4. The molecule has 0 saturated carbocycles. The summed E-state index contributed by atoms with van der Waals surface area (Å²) in [6, 6.07) is 61.0. The van der Waals surface area contributed by atoms with Crippen LogP contribution in [0.5, 0.6) is 0 Å². The molecular weight excluding hydrogens is 703 g/mol. The summed E-state index contributed by atoms with van der Waals surface area (Å²) in [7, 11) is 0. The zero-order valence-corrected chi connectivity index (χ0v) is 32.2. The van der Waals surface area contributed by atoms with E-state index in [2.05, 4.69) is 183 Å². The Labute approximate surface area is 328 Å². The minimum absolute atomic E-state index is 0.107. The van der Waals surface area contributed by atoms with Crippen LogP contribution in [0.4, 0.5) is 17.1 Å². The monoisotopic (exact) mass is 739 g/mol. The van der Waals surface area contributed by atoms with Crippen molar-refractivity contribution in [2.24, 2.45) is 0 Å². The van der Waals surface area contributed by atoms with Gasteiger partial charge in [-0.05, 0) is 70.6 Å². The number of furan rings is 2. The molecule has 0 fully saturated rings. The third-order valence-corrected chi connectivity index (χ3v) is 12.5. The van der Waals surface area contributed by atoms with Crippen molar-refractivity contribution in [3.8, 4) is 22.3 Å². The molecule has 8 aromatic carbocycles. The minimum Gasteiger partial charge on any atom is -0.456 e. The smallest absolute Gasteiger partial charge is 0.143 e. The Balaban J connectivity index is 1.09. The highest BCUT2D eigenvalue weighted by Crippen LogP contribution is 2.47. The van der Waals surface area contributed by atoms with Gasteiger partial charge in [-0.2, -0.15) is 0 Å². The average Bonchev–Trinajstić information content (AvgIpc) is 3.93. The molecule has 3 nitrogen and oxygen atoms in total. The minimum atomic E-state index is -0.107. The van der Waals surface area contributed by atoms with Crippen LogP contribution in [0.3, 0.4) is 0 Å². The Morgan fingerprint density at radius 3 is 1.71 bits per heavy atom. The zero-order valence-electron chi connectivity index (χ0n) is 31.3. The van der Waals surface area contributed by atoms with Crippen LogP contribution >= 0.6 is 11.3 Å². The maximum atomic E-state index is 6.72. The van der Waals surface area contributed by atoms with Crippen LogP contribution < -0.4 is 4.90 Å². The van der Waals surface area contributed by atoms with E-state index in [0.717, 1.165) is 72.1 Å². The van der Waals surface area contributed by atoms with Crippen LogP contribution in [-0.2, 0) is 5.41 Å². The van der Waals surface area contributed by atoms with E-state index < -0.39 is 0 Å². The second-order valence-corrected chi connectivity index (χ2v) is 16.7. The number of fused-ring (bicyclic) bond motifs is 9. The lowest BCUT2D eigenvalue weighted by atomic mass is 9.85. The highest BCUT2D eigenvalue weighted by Gasteiger charge is 2.26. The van der Waals surface area contributed by atoms with Gasteiger partial charge in [0.2, 0.25) is 0 Å². The Hall–Kier alpha value is -6.62. The van der Waals surface area contributed by atoms with Gasteiger partial charge in [0.05, 0.1) is 11.1 Å². The fourth-order valence-electron chi connectivity index (χ4n) is 8.54. The van der Waals surface area contributed by atoms with Crippen LogP contribution in [0.1, 0.15) is 26.3 Å². The Morgan fingerprint density at radius 2 is 1.00 bits per heavy atom. The molecule has 0 aliphatic carbocycles.